The summed E-state index contributed by atoms with van der Waals surface area (Å²) in [7, 11) is 0. The highest BCUT2D eigenvalue weighted by Gasteiger charge is 2.51. The molecule has 5 aliphatic rings. The van der Waals surface area contributed by atoms with E-state index in [1.807, 2.05) is 0 Å². The van der Waals surface area contributed by atoms with Gasteiger partial charge in [-0.05, 0) is 68.6 Å². The standard InChI is InChI=1S/C17H28N2O.ClH/c18-10-17(3-1-2-4-17)19-16(20)15-13-6-11-5-12(8-13)9-14(15)7-11;/h11-15H,1-10,18H2,(H,19,20);1H. The smallest absolute Gasteiger partial charge is 0.224 e. The van der Waals surface area contributed by atoms with Gasteiger partial charge in [0.2, 0.25) is 5.91 Å². The average molecular weight is 313 g/mol. The Bertz CT molecular complexity index is 378. The zero-order valence-electron chi connectivity index (χ0n) is 12.9. The quantitative estimate of drug-likeness (QED) is 0.842. The van der Waals surface area contributed by atoms with Gasteiger partial charge in [0.15, 0.2) is 0 Å². The van der Waals surface area contributed by atoms with Crippen molar-refractivity contribution >= 4 is 18.3 Å². The number of hydrogen-bond donors (Lipinski definition) is 2. The summed E-state index contributed by atoms with van der Waals surface area (Å²) in [6, 6.07) is 0. The van der Waals surface area contributed by atoms with Crippen molar-refractivity contribution in [2.24, 2.45) is 35.3 Å². The summed E-state index contributed by atoms with van der Waals surface area (Å²) < 4.78 is 0. The van der Waals surface area contributed by atoms with Gasteiger partial charge >= 0.3 is 0 Å². The molecule has 0 aromatic rings. The van der Waals surface area contributed by atoms with Crippen molar-refractivity contribution in [2.45, 2.75) is 63.3 Å². The second-order valence-electron chi connectivity index (χ2n) is 8.14. The lowest BCUT2D eigenvalue weighted by molar-refractivity contribution is -0.140. The first-order valence-corrected chi connectivity index (χ1v) is 8.71. The van der Waals surface area contributed by atoms with E-state index in [0.29, 0.717) is 30.2 Å². The Morgan fingerprint density at radius 1 is 1.00 bits per heavy atom. The number of carbonyl (C=O) groups excluding carboxylic acids is 1. The van der Waals surface area contributed by atoms with Crippen LogP contribution in [-0.4, -0.2) is 18.0 Å². The molecule has 0 spiro atoms. The van der Waals surface area contributed by atoms with Crippen molar-refractivity contribution < 1.29 is 4.79 Å². The molecule has 0 aromatic carbocycles. The molecule has 0 atom stereocenters. The second kappa shape index (κ2) is 5.73. The van der Waals surface area contributed by atoms with Crippen LogP contribution in [0.2, 0.25) is 0 Å². The highest BCUT2D eigenvalue weighted by Crippen LogP contribution is 2.56. The topological polar surface area (TPSA) is 55.1 Å². The van der Waals surface area contributed by atoms with Crippen LogP contribution in [0.4, 0.5) is 0 Å². The Morgan fingerprint density at radius 2 is 1.52 bits per heavy atom. The third kappa shape index (κ3) is 2.61. The van der Waals surface area contributed by atoms with E-state index in [4.69, 9.17) is 5.73 Å². The Hall–Kier alpha value is -0.280. The van der Waals surface area contributed by atoms with E-state index in [-0.39, 0.29) is 17.9 Å². The average Bonchev–Trinajstić information content (AvgIpc) is 2.86. The van der Waals surface area contributed by atoms with Crippen LogP contribution in [0.3, 0.4) is 0 Å². The van der Waals surface area contributed by atoms with E-state index in [1.54, 1.807) is 0 Å². The molecule has 3 nitrogen and oxygen atoms in total. The van der Waals surface area contributed by atoms with Crippen LogP contribution in [0.1, 0.15) is 57.8 Å². The van der Waals surface area contributed by atoms with Crippen LogP contribution in [0.5, 0.6) is 0 Å². The minimum Gasteiger partial charge on any atom is -0.349 e. The van der Waals surface area contributed by atoms with Crippen molar-refractivity contribution in [3.8, 4) is 0 Å². The molecule has 4 heteroatoms. The summed E-state index contributed by atoms with van der Waals surface area (Å²) in [6.07, 6.45) is 11.3. The molecule has 0 radical (unpaired) electrons. The van der Waals surface area contributed by atoms with Gasteiger partial charge in [0.05, 0.1) is 5.54 Å². The maximum Gasteiger partial charge on any atom is 0.224 e. The maximum atomic E-state index is 12.9. The summed E-state index contributed by atoms with van der Waals surface area (Å²) in [5, 5.41) is 3.41. The van der Waals surface area contributed by atoms with E-state index < -0.39 is 0 Å². The first kappa shape index (κ1) is 15.6. The number of carbonyl (C=O) groups is 1. The van der Waals surface area contributed by atoms with E-state index in [2.05, 4.69) is 5.32 Å². The van der Waals surface area contributed by atoms with Crippen LogP contribution in [0.15, 0.2) is 0 Å². The number of nitrogens with one attached hydrogen (secondary N) is 1. The molecule has 5 fully saturated rings. The van der Waals surface area contributed by atoms with Crippen molar-refractivity contribution in [2.75, 3.05) is 6.54 Å². The number of hydrogen-bond acceptors (Lipinski definition) is 2. The van der Waals surface area contributed by atoms with Gasteiger partial charge in [0.1, 0.15) is 0 Å². The molecule has 4 bridgehead atoms. The highest BCUT2D eigenvalue weighted by molar-refractivity contribution is 5.85. The van der Waals surface area contributed by atoms with Crippen LogP contribution in [-0.2, 0) is 4.79 Å². The van der Waals surface area contributed by atoms with Crippen LogP contribution in [0.25, 0.3) is 0 Å². The van der Waals surface area contributed by atoms with Gasteiger partial charge in [0, 0.05) is 12.5 Å². The van der Waals surface area contributed by atoms with Crippen molar-refractivity contribution in [1.29, 1.82) is 0 Å². The number of rotatable bonds is 3. The first-order chi connectivity index (χ1) is 9.69. The molecule has 21 heavy (non-hydrogen) atoms. The predicted molar refractivity (Wildman–Crippen MR) is 86.2 cm³/mol. The molecule has 0 aliphatic heterocycles. The number of amides is 1. The molecule has 0 aromatic heterocycles. The summed E-state index contributed by atoms with van der Waals surface area (Å²) in [5.74, 6) is 3.91. The van der Waals surface area contributed by atoms with Gasteiger partial charge in [-0.3, -0.25) is 4.79 Å². The van der Waals surface area contributed by atoms with E-state index in [0.717, 1.165) is 24.7 Å². The van der Waals surface area contributed by atoms with Crippen LogP contribution >= 0.6 is 12.4 Å². The molecular formula is C17H29ClN2O. The second-order valence-corrected chi connectivity index (χ2v) is 8.14. The fourth-order valence-corrected chi connectivity index (χ4v) is 6.13. The molecule has 0 unspecified atom stereocenters. The fraction of sp³-hybridized carbons (Fsp3) is 0.941. The summed E-state index contributed by atoms with van der Waals surface area (Å²) >= 11 is 0. The Labute approximate surface area is 134 Å². The highest BCUT2D eigenvalue weighted by atomic mass is 35.5. The zero-order valence-corrected chi connectivity index (χ0v) is 13.7. The third-order valence-corrected chi connectivity index (χ3v) is 6.87. The molecule has 0 saturated heterocycles. The Kier molecular flexibility index (Phi) is 4.26. The predicted octanol–water partition coefficient (Wildman–Crippen LogP) is 2.87. The first-order valence-electron chi connectivity index (χ1n) is 8.71. The summed E-state index contributed by atoms with van der Waals surface area (Å²) in [4.78, 5) is 12.9. The van der Waals surface area contributed by atoms with Gasteiger partial charge in [-0.2, -0.15) is 0 Å². The summed E-state index contributed by atoms with van der Waals surface area (Å²) in [5.41, 5.74) is 5.91. The lowest BCUT2D eigenvalue weighted by Gasteiger charge is -2.54. The van der Waals surface area contributed by atoms with Crippen molar-refractivity contribution in [3.63, 3.8) is 0 Å². The maximum absolute atomic E-state index is 12.9. The normalized spacial score (nSPS) is 42.6. The Morgan fingerprint density at radius 3 is 2.00 bits per heavy atom. The van der Waals surface area contributed by atoms with Crippen molar-refractivity contribution in [3.05, 3.63) is 0 Å². The largest absolute Gasteiger partial charge is 0.349 e. The minimum absolute atomic E-state index is 0. The number of halogens is 1. The molecule has 120 valence electrons. The lowest BCUT2D eigenvalue weighted by atomic mass is 9.51. The number of nitrogens with two attached hydrogens (primary N) is 1. The van der Waals surface area contributed by atoms with E-state index >= 15 is 0 Å². The van der Waals surface area contributed by atoms with E-state index in [9.17, 15) is 4.79 Å². The Balaban J connectivity index is 0.00000132. The molecule has 3 N–H and O–H groups in total. The van der Waals surface area contributed by atoms with Gasteiger partial charge in [-0.15, -0.1) is 12.4 Å². The SMILES string of the molecule is Cl.NCC1(NC(=O)C2C3CC4CC(C3)CC2C4)CCCC1. The third-order valence-electron chi connectivity index (χ3n) is 6.87. The zero-order chi connectivity index (χ0) is 13.7. The van der Waals surface area contributed by atoms with E-state index in [1.165, 1.54) is 44.9 Å². The fourth-order valence-electron chi connectivity index (χ4n) is 6.13. The summed E-state index contributed by atoms with van der Waals surface area (Å²) in [6.45, 7) is 0.617. The van der Waals surface area contributed by atoms with Gasteiger partial charge in [0.25, 0.3) is 0 Å². The molecule has 5 aliphatic carbocycles. The molecule has 5 saturated carbocycles. The van der Waals surface area contributed by atoms with Crippen molar-refractivity contribution in [1.82, 2.24) is 5.32 Å². The molecule has 1 amide bonds. The molecule has 5 rings (SSSR count). The van der Waals surface area contributed by atoms with Gasteiger partial charge < -0.3 is 11.1 Å². The van der Waals surface area contributed by atoms with Gasteiger partial charge in [-0.1, -0.05) is 12.8 Å². The van der Waals surface area contributed by atoms with Gasteiger partial charge in [-0.25, -0.2) is 0 Å². The monoisotopic (exact) mass is 312 g/mol. The molecule has 0 heterocycles. The minimum atomic E-state index is -0.0637. The van der Waals surface area contributed by atoms with Crippen LogP contribution in [0, 0.1) is 29.6 Å². The lowest BCUT2D eigenvalue weighted by Crippen LogP contribution is -2.58. The molecular weight excluding hydrogens is 284 g/mol. The van der Waals surface area contributed by atoms with Crippen LogP contribution < -0.4 is 11.1 Å².